The molecule has 1 aromatic heterocycles. The Kier molecular flexibility index (Phi) is 4.66. The zero-order valence-corrected chi connectivity index (χ0v) is 18.0. The summed E-state index contributed by atoms with van der Waals surface area (Å²) < 4.78 is 1.54. The van der Waals surface area contributed by atoms with Crippen LogP contribution in [0.5, 0.6) is 0 Å². The lowest BCUT2D eigenvalue weighted by Crippen LogP contribution is -2.36. The highest BCUT2D eigenvalue weighted by Crippen LogP contribution is 2.40. The van der Waals surface area contributed by atoms with E-state index in [4.69, 9.17) is 0 Å². The molecule has 0 spiro atoms. The number of likely N-dealkylation sites (tertiary alicyclic amines) is 1. The third kappa shape index (κ3) is 3.41. The second-order valence-corrected chi connectivity index (χ2v) is 9.88. The zero-order chi connectivity index (χ0) is 20.9. The summed E-state index contributed by atoms with van der Waals surface area (Å²) >= 11 is 0. The van der Waals surface area contributed by atoms with Gasteiger partial charge in [0.15, 0.2) is 0 Å². The van der Waals surface area contributed by atoms with Crippen molar-refractivity contribution in [3.05, 3.63) is 60.3 Å². The van der Waals surface area contributed by atoms with E-state index in [9.17, 15) is 4.79 Å². The Morgan fingerprint density at radius 2 is 1.93 bits per heavy atom. The van der Waals surface area contributed by atoms with Crippen molar-refractivity contribution in [1.82, 2.24) is 14.7 Å². The summed E-state index contributed by atoms with van der Waals surface area (Å²) in [5.74, 6) is 0.711. The fourth-order valence-corrected chi connectivity index (χ4v) is 5.12. The predicted molar refractivity (Wildman–Crippen MR) is 121 cm³/mol. The summed E-state index contributed by atoms with van der Waals surface area (Å²) in [7, 11) is 0. The van der Waals surface area contributed by atoms with E-state index in [0.717, 1.165) is 29.7 Å². The lowest BCUT2D eigenvalue weighted by atomic mass is 9.96. The van der Waals surface area contributed by atoms with E-state index in [0.29, 0.717) is 18.0 Å². The van der Waals surface area contributed by atoms with Gasteiger partial charge >= 0.3 is 0 Å². The number of hydrogen-bond donors (Lipinski definition) is 1. The van der Waals surface area contributed by atoms with Gasteiger partial charge in [-0.05, 0) is 42.5 Å². The summed E-state index contributed by atoms with van der Waals surface area (Å²) in [4.78, 5) is 15.3. The van der Waals surface area contributed by atoms with Gasteiger partial charge in [0.25, 0.3) is 5.91 Å². The molecule has 5 heteroatoms. The molecule has 5 rings (SSSR count). The highest BCUT2D eigenvalue weighted by atomic mass is 16.2. The SMILES string of the molecule is CC(C)(C)C(=O)n1ncc2cc(NC3C4CCC3N(Cc3ccccc3)C4)ccc21. The summed E-state index contributed by atoms with van der Waals surface area (Å²) in [5.41, 5.74) is 2.93. The van der Waals surface area contributed by atoms with Crippen LogP contribution < -0.4 is 5.32 Å². The molecule has 1 aliphatic heterocycles. The number of benzene rings is 2. The first kappa shape index (κ1) is 19.3. The first-order valence-corrected chi connectivity index (χ1v) is 11.0. The van der Waals surface area contributed by atoms with E-state index in [1.165, 1.54) is 18.4 Å². The van der Waals surface area contributed by atoms with Crippen LogP contribution in [0, 0.1) is 11.3 Å². The fraction of sp³-hybridized carbons (Fsp3) is 0.440. The van der Waals surface area contributed by atoms with Crippen LogP contribution in [0.15, 0.2) is 54.7 Å². The van der Waals surface area contributed by atoms with Crippen molar-refractivity contribution in [1.29, 1.82) is 0 Å². The van der Waals surface area contributed by atoms with Gasteiger partial charge in [-0.3, -0.25) is 9.69 Å². The molecule has 5 nitrogen and oxygen atoms in total. The first-order valence-electron chi connectivity index (χ1n) is 11.0. The normalized spacial score (nSPS) is 23.9. The second kappa shape index (κ2) is 7.24. The Morgan fingerprint density at radius 1 is 1.13 bits per heavy atom. The highest BCUT2D eigenvalue weighted by Gasteiger charge is 2.46. The smallest absolute Gasteiger partial charge is 0.252 e. The van der Waals surface area contributed by atoms with Gasteiger partial charge in [0.2, 0.25) is 0 Å². The second-order valence-electron chi connectivity index (χ2n) is 9.88. The number of piperidine rings is 1. The minimum atomic E-state index is -0.457. The van der Waals surface area contributed by atoms with E-state index in [2.05, 4.69) is 57.8 Å². The third-order valence-electron chi connectivity index (χ3n) is 6.66. The Labute approximate surface area is 178 Å². The number of carbonyl (C=O) groups excluding carboxylic acids is 1. The zero-order valence-electron chi connectivity index (χ0n) is 18.0. The molecule has 1 aliphatic carbocycles. The number of rotatable bonds is 4. The molecule has 0 radical (unpaired) electrons. The molecule has 1 saturated heterocycles. The molecule has 2 aliphatic rings. The summed E-state index contributed by atoms with van der Waals surface area (Å²) in [6.07, 6.45) is 4.36. The molecule has 3 unspecified atom stereocenters. The molecule has 3 atom stereocenters. The number of fused-ring (bicyclic) bond motifs is 3. The molecule has 30 heavy (non-hydrogen) atoms. The Bertz CT molecular complexity index is 1070. The molecule has 0 amide bonds. The van der Waals surface area contributed by atoms with Crippen LogP contribution in [-0.2, 0) is 6.54 Å². The number of nitrogens with one attached hydrogen (secondary N) is 1. The molecule has 2 bridgehead atoms. The number of carbonyl (C=O) groups is 1. The van der Waals surface area contributed by atoms with Crippen LogP contribution in [-0.4, -0.2) is 39.2 Å². The molecule has 2 heterocycles. The summed E-state index contributed by atoms with van der Waals surface area (Å²) in [5, 5.41) is 9.19. The minimum Gasteiger partial charge on any atom is -0.380 e. The molecule has 2 aromatic carbocycles. The molecule has 3 aromatic rings. The first-order chi connectivity index (χ1) is 14.4. The van der Waals surface area contributed by atoms with E-state index in [1.807, 2.05) is 26.8 Å². The molecule has 156 valence electrons. The standard InChI is InChI=1S/C25H30N4O/c1-25(2,3)24(30)29-21-12-10-20(13-19(21)14-26-29)27-23-18-9-11-22(23)28(16-18)15-17-7-5-4-6-8-17/h4-8,10,12-14,18,22-23,27H,9,11,15-16H2,1-3H3. The average Bonchev–Trinajstić information content (AvgIpc) is 3.40. The van der Waals surface area contributed by atoms with Crippen LogP contribution in [0.4, 0.5) is 5.69 Å². The maximum atomic E-state index is 12.7. The summed E-state index contributed by atoms with van der Waals surface area (Å²) in [6, 6.07) is 18.1. The number of anilines is 1. The maximum absolute atomic E-state index is 12.7. The van der Waals surface area contributed by atoms with E-state index in [-0.39, 0.29) is 5.91 Å². The third-order valence-corrected chi connectivity index (χ3v) is 6.66. The minimum absolute atomic E-state index is 0.0172. The maximum Gasteiger partial charge on any atom is 0.252 e. The predicted octanol–water partition coefficient (Wildman–Crippen LogP) is 4.80. The van der Waals surface area contributed by atoms with Crippen molar-refractivity contribution < 1.29 is 4.79 Å². The van der Waals surface area contributed by atoms with Crippen LogP contribution in [0.2, 0.25) is 0 Å². The van der Waals surface area contributed by atoms with Gasteiger partial charge in [-0.1, -0.05) is 51.1 Å². The van der Waals surface area contributed by atoms with E-state index >= 15 is 0 Å². The van der Waals surface area contributed by atoms with Crippen LogP contribution >= 0.6 is 0 Å². The van der Waals surface area contributed by atoms with Crippen molar-refractivity contribution in [3.63, 3.8) is 0 Å². The van der Waals surface area contributed by atoms with Crippen LogP contribution in [0.3, 0.4) is 0 Å². The van der Waals surface area contributed by atoms with Crippen LogP contribution in [0.25, 0.3) is 10.9 Å². The van der Waals surface area contributed by atoms with Crippen molar-refractivity contribution in [2.24, 2.45) is 11.3 Å². The molecule has 1 N–H and O–H groups in total. The van der Waals surface area contributed by atoms with E-state index < -0.39 is 5.41 Å². The quantitative estimate of drug-likeness (QED) is 0.681. The number of nitrogens with zero attached hydrogens (tertiary/aromatic N) is 3. The van der Waals surface area contributed by atoms with Gasteiger partial charge in [0.1, 0.15) is 0 Å². The highest BCUT2D eigenvalue weighted by molar-refractivity contribution is 5.94. The fourth-order valence-electron chi connectivity index (χ4n) is 5.12. The largest absolute Gasteiger partial charge is 0.380 e. The van der Waals surface area contributed by atoms with Crippen LogP contribution in [0.1, 0.15) is 44.0 Å². The van der Waals surface area contributed by atoms with E-state index in [1.54, 1.807) is 10.9 Å². The van der Waals surface area contributed by atoms with Gasteiger partial charge in [0, 0.05) is 41.7 Å². The lowest BCUT2D eigenvalue weighted by Gasteiger charge is -2.27. The Morgan fingerprint density at radius 3 is 2.70 bits per heavy atom. The Hall–Kier alpha value is -2.66. The van der Waals surface area contributed by atoms with Gasteiger partial charge in [-0.2, -0.15) is 9.78 Å². The van der Waals surface area contributed by atoms with Gasteiger partial charge in [-0.25, -0.2) is 0 Å². The van der Waals surface area contributed by atoms with Crippen molar-refractivity contribution in [2.75, 3.05) is 11.9 Å². The topological polar surface area (TPSA) is 50.2 Å². The summed E-state index contributed by atoms with van der Waals surface area (Å²) in [6.45, 7) is 7.97. The van der Waals surface area contributed by atoms with Crippen molar-refractivity contribution in [3.8, 4) is 0 Å². The molecule has 2 fully saturated rings. The van der Waals surface area contributed by atoms with Crippen molar-refractivity contribution in [2.45, 2.75) is 52.2 Å². The van der Waals surface area contributed by atoms with Gasteiger partial charge in [-0.15, -0.1) is 0 Å². The van der Waals surface area contributed by atoms with Gasteiger partial charge < -0.3 is 5.32 Å². The number of hydrogen-bond acceptors (Lipinski definition) is 4. The molecular weight excluding hydrogens is 372 g/mol. The number of aromatic nitrogens is 2. The van der Waals surface area contributed by atoms with Gasteiger partial charge in [0.05, 0.1) is 11.7 Å². The monoisotopic (exact) mass is 402 g/mol. The molecular formula is C25H30N4O. The lowest BCUT2D eigenvalue weighted by molar-refractivity contribution is 0.0755. The molecule has 1 saturated carbocycles. The Balaban J connectivity index is 1.33. The average molecular weight is 403 g/mol. The van der Waals surface area contributed by atoms with Crippen molar-refractivity contribution >= 4 is 22.5 Å².